The third-order valence-corrected chi connectivity index (χ3v) is 3.52. The maximum Gasteiger partial charge on any atom is 0.129 e. The van der Waals surface area contributed by atoms with Crippen molar-refractivity contribution in [1.82, 2.24) is 9.97 Å². The van der Waals surface area contributed by atoms with Gasteiger partial charge in [-0.05, 0) is 24.3 Å². The smallest absolute Gasteiger partial charge is 0.129 e. The van der Waals surface area contributed by atoms with E-state index in [1.54, 1.807) is 6.07 Å². The highest BCUT2D eigenvalue weighted by atomic mass is 35.5. The van der Waals surface area contributed by atoms with E-state index in [0.717, 1.165) is 28.0 Å². The standard InChI is InChI=1S/C15H12Cl2N4/c16-8-15(18)21-10-4-2-1-3-9(10)12-7-13-11(19-12)5-6-14(17)20-13/h1-7,19H,8H2,(H2,18,21). The molecule has 0 amide bonds. The van der Waals surface area contributed by atoms with Gasteiger partial charge in [0.1, 0.15) is 11.0 Å². The van der Waals surface area contributed by atoms with Gasteiger partial charge in [0, 0.05) is 5.56 Å². The summed E-state index contributed by atoms with van der Waals surface area (Å²) in [6.07, 6.45) is 0. The molecule has 0 unspecified atom stereocenters. The first-order valence-corrected chi connectivity index (χ1v) is 7.22. The SMILES string of the molecule is NC(CCl)=Nc1ccccc1-c1cc2nc(Cl)ccc2[nH]1. The first-order valence-electron chi connectivity index (χ1n) is 6.31. The number of nitrogens with two attached hydrogens (primary N) is 1. The fourth-order valence-corrected chi connectivity index (χ4v) is 2.33. The van der Waals surface area contributed by atoms with Crippen LogP contribution in [0.15, 0.2) is 47.5 Å². The van der Waals surface area contributed by atoms with Gasteiger partial charge in [-0.25, -0.2) is 9.98 Å². The van der Waals surface area contributed by atoms with Crippen LogP contribution < -0.4 is 5.73 Å². The lowest BCUT2D eigenvalue weighted by Gasteiger charge is -2.04. The number of rotatable bonds is 3. The molecule has 21 heavy (non-hydrogen) atoms. The molecule has 3 rings (SSSR count). The normalized spacial score (nSPS) is 12.0. The zero-order valence-electron chi connectivity index (χ0n) is 11.0. The van der Waals surface area contributed by atoms with Gasteiger partial charge in [-0.1, -0.05) is 29.8 Å². The van der Waals surface area contributed by atoms with Crippen molar-refractivity contribution in [3.8, 4) is 11.3 Å². The molecule has 3 aromatic rings. The minimum Gasteiger partial charge on any atom is -0.386 e. The third-order valence-electron chi connectivity index (χ3n) is 3.04. The molecule has 0 fully saturated rings. The minimum atomic E-state index is 0.193. The first-order chi connectivity index (χ1) is 10.2. The zero-order valence-corrected chi connectivity index (χ0v) is 12.5. The predicted molar refractivity (Wildman–Crippen MR) is 88.5 cm³/mol. The summed E-state index contributed by atoms with van der Waals surface area (Å²) in [7, 11) is 0. The summed E-state index contributed by atoms with van der Waals surface area (Å²) in [5.74, 6) is 0.569. The molecule has 0 aliphatic heterocycles. The van der Waals surface area contributed by atoms with Crippen molar-refractivity contribution in [2.75, 3.05) is 5.88 Å². The summed E-state index contributed by atoms with van der Waals surface area (Å²) in [4.78, 5) is 11.9. The Kier molecular flexibility index (Phi) is 3.82. The largest absolute Gasteiger partial charge is 0.386 e. The molecular weight excluding hydrogens is 307 g/mol. The number of fused-ring (bicyclic) bond motifs is 1. The summed E-state index contributed by atoms with van der Waals surface area (Å²) in [5, 5.41) is 0.464. The average molecular weight is 319 g/mol. The highest BCUT2D eigenvalue weighted by Crippen LogP contribution is 2.31. The second-order valence-electron chi connectivity index (χ2n) is 4.50. The van der Waals surface area contributed by atoms with Crippen molar-refractivity contribution in [2.24, 2.45) is 10.7 Å². The number of nitrogens with one attached hydrogen (secondary N) is 1. The monoisotopic (exact) mass is 318 g/mol. The van der Waals surface area contributed by atoms with E-state index in [1.165, 1.54) is 0 Å². The number of nitrogens with zero attached hydrogens (tertiary/aromatic N) is 2. The number of hydrogen-bond acceptors (Lipinski definition) is 2. The summed E-state index contributed by atoms with van der Waals surface area (Å²) in [5.41, 5.74) is 10.0. The molecule has 0 spiro atoms. The molecular formula is C15H12Cl2N4. The number of para-hydroxylation sites is 1. The van der Waals surface area contributed by atoms with Gasteiger partial charge < -0.3 is 10.7 Å². The number of H-pyrrole nitrogens is 1. The second-order valence-corrected chi connectivity index (χ2v) is 5.16. The number of amidine groups is 1. The lowest BCUT2D eigenvalue weighted by molar-refractivity contribution is 1.39. The van der Waals surface area contributed by atoms with Gasteiger partial charge in [-0.15, -0.1) is 11.6 Å². The maximum atomic E-state index is 5.91. The minimum absolute atomic E-state index is 0.193. The fraction of sp³-hybridized carbons (Fsp3) is 0.0667. The second kappa shape index (κ2) is 5.76. The molecule has 0 saturated carbocycles. The summed E-state index contributed by atoms with van der Waals surface area (Å²) >= 11 is 11.6. The van der Waals surface area contributed by atoms with Crippen LogP contribution in [0.5, 0.6) is 0 Å². The lowest BCUT2D eigenvalue weighted by Crippen LogP contribution is -2.12. The Morgan fingerprint density at radius 2 is 2.05 bits per heavy atom. The molecule has 0 bridgehead atoms. The van der Waals surface area contributed by atoms with Crippen molar-refractivity contribution in [1.29, 1.82) is 0 Å². The number of pyridine rings is 1. The van der Waals surface area contributed by atoms with E-state index < -0.39 is 0 Å². The van der Waals surface area contributed by atoms with Crippen LogP contribution in [0.4, 0.5) is 5.69 Å². The van der Waals surface area contributed by atoms with Crippen molar-refractivity contribution in [3.63, 3.8) is 0 Å². The highest BCUT2D eigenvalue weighted by molar-refractivity contribution is 6.29. The van der Waals surface area contributed by atoms with Gasteiger partial charge in [0.2, 0.25) is 0 Å². The van der Waals surface area contributed by atoms with E-state index in [9.17, 15) is 0 Å². The Balaban J connectivity index is 2.14. The van der Waals surface area contributed by atoms with Crippen LogP contribution in [0.25, 0.3) is 22.3 Å². The van der Waals surface area contributed by atoms with Gasteiger partial charge >= 0.3 is 0 Å². The lowest BCUT2D eigenvalue weighted by atomic mass is 10.1. The molecule has 0 radical (unpaired) electrons. The van der Waals surface area contributed by atoms with E-state index in [2.05, 4.69) is 15.0 Å². The number of aromatic amines is 1. The van der Waals surface area contributed by atoms with E-state index in [4.69, 9.17) is 28.9 Å². The average Bonchev–Trinajstić information content (AvgIpc) is 2.90. The number of alkyl halides is 1. The number of aliphatic imine (C=N–C) groups is 1. The summed E-state index contributed by atoms with van der Waals surface area (Å²) < 4.78 is 0. The van der Waals surface area contributed by atoms with E-state index >= 15 is 0 Å². The van der Waals surface area contributed by atoms with Gasteiger partial charge in [-0.3, -0.25) is 0 Å². The molecule has 106 valence electrons. The van der Waals surface area contributed by atoms with Crippen LogP contribution in [0.2, 0.25) is 5.15 Å². The molecule has 0 atom stereocenters. The van der Waals surface area contributed by atoms with Crippen LogP contribution in [0, 0.1) is 0 Å². The van der Waals surface area contributed by atoms with Crippen LogP contribution in [-0.2, 0) is 0 Å². The summed E-state index contributed by atoms with van der Waals surface area (Å²) in [6, 6.07) is 13.3. The Labute approximate surface area is 131 Å². The Morgan fingerprint density at radius 1 is 1.24 bits per heavy atom. The zero-order chi connectivity index (χ0) is 14.8. The first kappa shape index (κ1) is 13.9. The maximum absolute atomic E-state index is 5.91. The van der Waals surface area contributed by atoms with Crippen LogP contribution in [0.1, 0.15) is 0 Å². The molecule has 0 aliphatic rings. The van der Waals surface area contributed by atoms with Crippen molar-refractivity contribution < 1.29 is 0 Å². The number of aromatic nitrogens is 2. The van der Waals surface area contributed by atoms with Crippen LogP contribution in [-0.4, -0.2) is 21.7 Å². The van der Waals surface area contributed by atoms with Crippen LogP contribution in [0.3, 0.4) is 0 Å². The predicted octanol–water partition coefficient (Wildman–Crippen LogP) is 4.11. The molecule has 4 nitrogen and oxygen atoms in total. The molecule has 0 saturated heterocycles. The van der Waals surface area contributed by atoms with Gasteiger partial charge in [-0.2, -0.15) is 0 Å². The fourth-order valence-electron chi connectivity index (χ4n) is 2.11. The molecule has 2 aromatic heterocycles. The molecule has 6 heteroatoms. The van der Waals surface area contributed by atoms with E-state index in [1.807, 2.05) is 36.4 Å². The number of halogens is 2. The van der Waals surface area contributed by atoms with Crippen LogP contribution >= 0.6 is 23.2 Å². The molecule has 2 heterocycles. The quantitative estimate of drug-likeness (QED) is 0.330. The Bertz CT molecular complexity index is 823. The topological polar surface area (TPSA) is 67.1 Å². The highest BCUT2D eigenvalue weighted by Gasteiger charge is 2.09. The molecule has 1 aromatic carbocycles. The Hall–Kier alpha value is -2.04. The number of hydrogen-bond donors (Lipinski definition) is 2. The van der Waals surface area contributed by atoms with Crippen molar-refractivity contribution >= 4 is 45.8 Å². The van der Waals surface area contributed by atoms with E-state index in [-0.39, 0.29) is 5.88 Å². The number of benzene rings is 1. The van der Waals surface area contributed by atoms with Gasteiger partial charge in [0.25, 0.3) is 0 Å². The summed E-state index contributed by atoms with van der Waals surface area (Å²) in [6.45, 7) is 0. The Morgan fingerprint density at radius 3 is 2.86 bits per heavy atom. The third kappa shape index (κ3) is 2.86. The van der Waals surface area contributed by atoms with Gasteiger partial charge in [0.05, 0.1) is 28.3 Å². The van der Waals surface area contributed by atoms with Crippen molar-refractivity contribution in [3.05, 3.63) is 47.6 Å². The molecule has 3 N–H and O–H groups in total. The van der Waals surface area contributed by atoms with Gasteiger partial charge in [0.15, 0.2) is 0 Å². The van der Waals surface area contributed by atoms with Crippen molar-refractivity contribution in [2.45, 2.75) is 0 Å². The van der Waals surface area contributed by atoms with E-state index in [0.29, 0.717) is 11.0 Å². The molecule has 0 aliphatic carbocycles.